The minimum atomic E-state index is -4.54. The molecule has 7 nitrogen and oxygen atoms in total. The number of piperidine rings is 1. The molecule has 0 amide bonds. The average molecular weight is 580 g/mol. The molecule has 40 heavy (non-hydrogen) atoms. The number of para-hydroxylation sites is 1. The quantitative estimate of drug-likeness (QED) is 0.383. The summed E-state index contributed by atoms with van der Waals surface area (Å²) < 4.78 is 52.1. The van der Waals surface area contributed by atoms with Gasteiger partial charge in [-0.15, -0.1) is 12.4 Å². The summed E-state index contributed by atoms with van der Waals surface area (Å²) in [4.78, 5) is 22.1. The molecule has 0 saturated carbocycles. The van der Waals surface area contributed by atoms with E-state index in [1.807, 2.05) is 0 Å². The van der Waals surface area contributed by atoms with Crippen LogP contribution in [0.25, 0.3) is 22.2 Å². The van der Waals surface area contributed by atoms with Gasteiger partial charge in [-0.1, -0.05) is 24.3 Å². The van der Waals surface area contributed by atoms with Gasteiger partial charge in [-0.3, -0.25) is 9.80 Å². The molecular formula is C29H33ClF3N3O4. The van der Waals surface area contributed by atoms with Gasteiger partial charge in [0.2, 0.25) is 0 Å². The monoisotopic (exact) mass is 579 g/mol. The number of aromatic nitrogens is 1. The lowest BCUT2D eigenvalue weighted by Crippen LogP contribution is -2.48. The third-order valence-corrected chi connectivity index (χ3v) is 7.56. The molecule has 2 saturated heterocycles. The molecule has 5 rings (SSSR count). The Hall–Kier alpha value is -2.92. The standard InChI is InChI=1S/C29H32F3N3O4.ClH/c1-2-39-24-8-4-7-22-25(28(36)37)23(18-34-11-9-21(10-12-34)35-13-15-38-16-14-35)26(33-27(22)24)19-5-3-6-20(17-19)29(30,31)32;/h3-8,17,21H,2,9-16,18H2,1H3,(H,36,37);1H. The van der Waals surface area contributed by atoms with Crippen LogP contribution in [0.15, 0.2) is 42.5 Å². The second-order valence-corrected chi connectivity index (χ2v) is 9.94. The maximum atomic E-state index is 13.6. The van der Waals surface area contributed by atoms with Crippen LogP contribution in [0, 0.1) is 0 Å². The summed E-state index contributed by atoms with van der Waals surface area (Å²) in [5.41, 5.74) is 0.414. The van der Waals surface area contributed by atoms with Gasteiger partial charge in [0.25, 0.3) is 0 Å². The van der Waals surface area contributed by atoms with Gasteiger partial charge in [-0.05, 0) is 51.1 Å². The van der Waals surface area contributed by atoms with Crippen molar-refractivity contribution in [3.63, 3.8) is 0 Å². The number of carboxylic acids is 1. The van der Waals surface area contributed by atoms with E-state index in [9.17, 15) is 23.1 Å². The summed E-state index contributed by atoms with van der Waals surface area (Å²) in [6.07, 6.45) is -2.69. The first kappa shape index (κ1) is 30.0. The fourth-order valence-corrected chi connectivity index (χ4v) is 5.66. The van der Waals surface area contributed by atoms with E-state index in [1.54, 1.807) is 31.2 Å². The zero-order valence-electron chi connectivity index (χ0n) is 22.2. The van der Waals surface area contributed by atoms with Crippen LogP contribution in [0.4, 0.5) is 13.2 Å². The average Bonchev–Trinajstić information content (AvgIpc) is 2.93. The number of rotatable bonds is 7. The van der Waals surface area contributed by atoms with Gasteiger partial charge in [0.15, 0.2) is 0 Å². The summed E-state index contributed by atoms with van der Waals surface area (Å²) in [6.45, 7) is 7.19. The molecule has 3 heterocycles. The highest BCUT2D eigenvalue weighted by Crippen LogP contribution is 2.38. The number of fused-ring (bicyclic) bond motifs is 1. The molecule has 0 radical (unpaired) electrons. The highest BCUT2D eigenvalue weighted by atomic mass is 35.5. The minimum absolute atomic E-state index is 0. The van der Waals surface area contributed by atoms with Crippen molar-refractivity contribution in [2.75, 3.05) is 46.0 Å². The van der Waals surface area contributed by atoms with Gasteiger partial charge >= 0.3 is 12.1 Å². The number of carboxylic acid groups (broad SMARTS) is 1. The molecule has 2 aliphatic rings. The summed E-state index contributed by atoms with van der Waals surface area (Å²) in [6, 6.07) is 10.4. The predicted molar refractivity (Wildman–Crippen MR) is 148 cm³/mol. The maximum Gasteiger partial charge on any atom is 0.416 e. The van der Waals surface area contributed by atoms with E-state index in [0.717, 1.165) is 64.4 Å². The molecular weight excluding hydrogens is 547 g/mol. The first-order valence-corrected chi connectivity index (χ1v) is 13.3. The van der Waals surface area contributed by atoms with Crippen molar-refractivity contribution in [3.05, 3.63) is 59.2 Å². The van der Waals surface area contributed by atoms with Crippen LogP contribution >= 0.6 is 12.4 Å². The molecule has 0 unspecified atom stereocenters. The Morgan fingerprint density at radius 2 is 1.80 bits per heavy atom. The van der Waals surface area contributed by atoms with E-state index in [-0.39, 0.29) is 35.8 Å². The van der Waals surface area contributed by atoms with Crippen molar-refractivity contribution in [2.45, 2.75) is 38.5 Å². The van der Waals surface area contributed by atoms with Gasteiger partial charge in [0.05, 0.1) is 36.6 Å². The Kier molecular flexibility index (Phi) is 9.56. The largest absolute Gasteiger partial charge is 0.492 e. The molecule has 1 N–H and O–H groups in total. The van der Waals surface area contributed by atoms with Gasteiger partial charge in [-0.2, -0.15) is 13.2 Å². The third-order valence-electron chi connectivity index (χ3n) is 7.56. The smallest absolute Gasteiger partial charge is 0.416 e. The summed E-state index contributed by atoms with van der Waals surface area (Å²) in [7, 11) is 0. The number of alkyl halides is 3. The number of benzene rings is 2. The number of likely N-dealkylation sites (tertiary alicyclic amines) is 1. The molecule has 2 aliphatic heterocycles. The molecule has 0 bridgehead atoms. The van der Waals surface area contributed by atoms with Crippen LogP contribution in [0.5, 0.6) is 5.75 Å². The topological polar surface area (TPSA) is 75.1 Å². The lowest BCUT2D eigenvalue weighted by atomic mass is 9.94. The van der Waals surface area contributed by atoms with Crippen molar-refractivity contribution in [2.24, 2.45) is 0 Å². The lowest BCUT2D eigenvalue weighted by Gasteiger charge is -2.40. The van der Waals surface area contributed by atoms with Gasteiger partial charge in [-0.25, -0.2) is 9.78 Å². The van der Waals surface area contributed by atoms with Crippen LogP contribution in [-0.4, -0.2) is 77.9 Å². The van der Waals surface area contributed by atoms with Crippen LogP contribution in [0.1, 0.15) is 41.3 Å². The van der Waals surface area contributed by atoms with Crippen molar-refractivity contribution in [1.29, 1.82) is 0 Å². The number of aromatic carboxylic acids is 1. The molecule has 1 aromatic heterocycles. The van der Waals surface area contributed by atoms with Crippen LogP contribution < -0.4 is 4.74 Å². The highest BCUT2D eigenvalue weighted by Gasteiger charge is 2.32. The molecule has 0 aliphatic carbocycles. The van der Waals surface area contributed by atoms with Crippen LogP contribution in [0.2, 0.25) is 0 Å². The van der Waals surface area contributed by atoms with Crippen molar-refractivity contribution >= 4 is 29.3 Å². The highest BCUT2D eigenvalue weighted by molar-refractivity contribution is 6.07. The van der Waals surface area contributed by atoms with E-state index < -0.39 is 17.7 Å². The molecule has 0 atom stereocenters. The number of morpholine rings is 1. The molecule has 2 fully saturated rings. The number of nitrogens with zero attached hydrogens (tertiary/aromatic N) is 3. The van der Waals surface area contributed by atoms with Crippen LogP contribution in [-0.2, 0) is 17.5 Å². The Morgan fingerprint density at radius 3 is 2.45 bits per heavy atom. The number of ether oxygens (including phenoxy) is 2. The summed E-state index contributed by atoms with van der Waals surface area (Å²) in [5, 5.41) is 10.8. The van der Waals surface area contributed by atoms with E-state index in [4.69, 9.17) is 14.5 Å². The fraction of sp³-hybridized carbons (Fsp3) is 0.448. The zero-order chi connectivity index (χ0) is 27.6. The lowest BCUT2D eigenvalue weighted by molar-refractivity contribution is -0.137. The van der Waals surface area contributed by atoms with E-state index in [0.29, 0.717) is 34.9 Å². The normalized spacial score (nSPS) is 17.5. The van der Waals surface area contributed by atoms with Gasteiger partial charge in [0, 0.05) is 42.2 Å². The van der Waals surface area contributed by atoms with Gasteiger partial charge in [0.1, 0.15) is 11.3 Å². The minimum Gasteiger partial charge on any atom is -0.492 e. The van der Waals surface area contributed by atoms with E-state index in [2.05, 4.69) is 9.80 Å². The predicted octanol–water partition coefficient (Wildman–Crippen LogP) is 5.74. The first-order chi connectivity index (χ1) is 18.8. The second-order valence-electron chi connectivity index (χ2n) is 9.94. The maximum absolute atomic E-state index is 13.6. The second kappa shape index (κ2) is 12.7. The summed E-state index contributed by atoms with van der Waals surface area (Å²) >= 11 is 0. The molecule has 3 aromatic rings. The first-order valence-electron chi connectivity index (χ1n) is 13.3. The molecule has 216 valence electrons. The Balaban J connectivity index is 0.00000370. The van der Waals surface area contributed by atoms with Crippen LogP contribution in [0.3, 0.4) is 0 Å². The number of pyridine rings is 1. The van der Waals surface area contributed by atoms with Crippen molar-refractivity contribution < 1.29 is 32.5 Å². The fourth-order valence-electron chi connectivity index (χ4n) is 5.66. The van der Waals surface area contributed by atoms with E-state index in [1.165, 1.54) is 6.07 Å². The molecule has 2 aromatic carbocycles. The van der Waals surface area contributed by atoms with E-state index >= 15 is 0 Å². The molecule has 11 heteroatoms. The molecule has 0 spiro atoms. The number of carbonyl (C=O) groups is 1. The van der Waals surface area contributed by atoms with Gasteiger partial charge < -0.3 is 14.6 Å². The zero-order valence-corrected chi connectivity index (χ0v) is 23.1. The van der Waals surface area contributed by atoms with Crippen molar-refractivity contribution in [1.82, 2.24) is 14.8 Å². The third kappa shape index (κ3) is 6.35. The Morgan fingerprint density at radius 1 is 1.10 bits per heavy atom. The van der Waals surface area contributed by atoms with Crippen molar-refractivity contribution in [3.8, 4) is 17.0 Å². The number of hydrogen-bond acceptors (Lipinski definition) is 6. The Bertz CT molecular complexity index is 1340. The summed E-state index contributed by atoms with van der Waals surface area (Å²) in [5.74, 6) is -0.758. The number of halogens is 4. The number of hydrogen-bond donors (Lipinski definition) is 1. The SMILES string of the molecule is CCOc1cccc2c(C(=O)O)c(CN3CCC(N4CCOCC4)CC3)c(-c3cccc(C(F)(F)F)c3)nc12.Cl. The Labute approximate surface area is 237 Å².